The van der Waals surface area contributed by atoms with Crippen LogP contribution in [0.3, 0.4) is 0 Å². The monoisotopic (exact) mass is 404 g/mol. The third-order valence-electron chi connectivity index (χ3n) is 3.03. The standard InChI is InChI=1S/C16H22INO3/c1-16(2,3)21-15(19)18-10-8-14(9-11-18)20-13-6-4-12(17)5-7-13/h4-7,14H,8-11H2,1-3H3/i10D. The molecule has 0 aliphatic carbocycles. The maximum Gasteiger partial charge on any atom is 0.410 e. The third kappa shape index (κ3) is 5.37. The Hall–Kier alpha value is -0.980. The largest absolute Gasteiger partial charge is 0.490 e. The predicted octanol–water partition coefficient (Wildman–Crippen LogP) is 4.07. The number of likely N-dealkylation sites (tertiary alicyclic amines) is 1. The average Bonchev–Trinajstić information content (AvgIpc) is 2.39. The number of hydrogen-bond acceptors (Lipinski definition) is 3. The highest BCUT2D eigenvalue weighted by Gasteiger charge is 2.27. The minimum absolute atomic E-state index is 0.0405. The highest BCUT2D eigenvalue weighted by molar-refractivity contribution is 14.1. The lowest BCUT2D eigenvalue weighted by Crippen LogP contribution is -2.44. The molecule has 0 aromatic heterocycles. The molecule has 0 saturated carbocycles. The van der Waals surface area contributed by atoms with Crippen molar-refractivity contribution in [3.8, 4) is 5.75 Å². The Balaban J connectivity index is 1.89. The van der Waals surface area contributed by atoms with Gasteiger partial charge in [-0.3, -0.25) is 0 Å². The molecule has 0 radical (unpaired) electrons. The molecule has 21 heavy (non-hydrogen) atoms. The molecule has 4 nitrogen and oxygen atoms in total. The predicted molar refractivity (Wildman–Crippen MR) is 90.6 cm³/mol. The molecule has 0 N–H and O–H groups in total. The van der Waals surface area contributed by atoms with Crippen LogP contribution in [0.4, 0.5) is 4.79 Å². The molecule has 1 aromatic carbocycles. The molecule has 2 unspecified atom stereocenters. The highest BCUT2D eigenvalue weighted by atomic mass is 127. The molecule has 0 bridgehead atoms. The number of carbonyl (C=O) groups excluding carboxylic acids is 1. The summed E-state index contributed by atoms with van der Waals surface area (Å²) in [5.41, 5.74) is -0.536. The summed E-state index contributed by atoms with van der Waals surface area (Å²) < 4.78 is 20.5. The van der Waals surface area contributed by atoms with Crippen molar-refractivity contribution in [2.45, 2.75) is 45.3 Å². The maximum atomic E-state index is 12.1. The van der Waals surface area contributed by atoms with Crippen molar-refractivity contribution < 1.29 is 15.6 Å². The number of halogens is 1. The number of amides is 1. The first kappa shape index (κ1) is 14.9. The summed E-state index contributed by atoms with van der Waals surface area (Å²) in [7, 11) is 0. The summed E-state index contributed by atoms with van der Waals surface area (Å²) in [5, 5.41) is 0. The number of hydrogen-bond donors (Lipinski definition) is 0. The Labute approximate surface area is 141 Å². The van der Waals surface area contributed by atoms with E-state index in [1.807, 2.05) is 45.0 Å². The number of piperidine rings is 1. The van der Waals surface area contributed by atoms with E-state index in [0.717, 1.165) is 9.32 Å². The van der Waals surface area contributed by atoms with Gasteiger partial charge in [-0.05, 0) is 67.6 Å². The summed E-state index contributed by atoms with van der Waals surface area (Å²) in [6, 6.07) is 7.84. The van der Waals surface area contributed by atoms with Crippen LogP contribution in [0.2, 0.25) is 0 Å². The van der Waals surface area contributed by atoms with Crippen LogP contribution in [-0.4, -0.2) is 35.8 Å². The zero-order valence-corrected chi connectivity index (χ0v) is 14.8. The van der Waals surface area contributed by atoms with Gasteiger partial charge >= 0.3 is 6.09 Å². The molecule has 5 heteroatoms. The van der Waals surface area contributed by atoms with E-state index in [1.54, 1.807) is 0 Å². The van der Waals surface area contributed by atoms with Crippen LogP contribution in [0.15, 0.2) is 24.3 Å². The fourth-order valence-electron chi connectivity index (χ4n) is 2.04. The summed E-state index contributed by atoms with van der Waals surface area (Å²) in [6.07, 6.45) is 0.743. The van der Waals surface area contributed by atoms with E-state index in [9.17, 15) is 4.79 Å². The van der Waals surface area contributed by atoms with Crippen molar-refractivity contribution in [2.24, 2.45) is 0 Å². The number of rotatable bonds is 2. The Morgan fingerprint density at radius 1 is 1.33 bits per heavy atom. The van der Waals surface area contributed by atoms with Gasteiger partial charge in [0.15, 0.2) is 0 Å². The van der Waals surface area contributed by atoms with Gasteiger partial charge < -0.3 is 14.4 Å². The molecule has 1 aromatic rings. The molecule has 1 amide bonds. The van der Waals surface area contributed by atoms with Crippen LogP contribution in [0, 0.1) is 3.57 Å². The van der Waals surface area contributed by atoms with Crippen LogP contribution in [-0.2, 0) is 4.74 Å². The SMILES string of the molecule is [2H]C1CC(Oc2ccc(I)cc2)CCN1C(=O)OC(C)(C)C. The fraction of sp³-hybridized carbons (Fsp3) is 0.562. The second kappa shape index (κ2) is 6.85. The Morgan fingerprint density at radius 3 is 2.57 bits per heavy atom. The van der Waals surface area contributed by atoms with Crippen LogP contribution >= 0.6 is 22.6 Å². The zero-order chi connectivity index (χ0) is 16.3. The van der Waals surface area contributed by atoms with Gasteiger partial charge in [0.2, 0.25) is 0 Å². The minimum atomic E-state index is -0.627. The lowest BCUT2D eigenvalue weighted by Gasteiger charge is -2.33. The van der Waals surface area contributed by atoms with Crippen LogP contribution in [0.5, 0.6) is 5.75 Å². The van der Waals surface area contributed by atoms with Crippen LogP contribution < -0.4 is 4.74 Å². The molecular weight excluding hydrogens is 381 g/mol. The quantitative estimate of drug-likeness (QED) is 0.698. The molecule has 116 valence electrons. The van der Waals surface area contributed by atoms with Gasteiger partial charge in [-0.15, -0.1) is 0 Å². The molecule has 1 aliphatic heterocycles. The van der Waals surface area contributed by atoms with E-state index in [0.29, 0.717) is 19.4 Å². The van der Waals surface area contributed by atoms with Crippen LogP contribution in [0.25, 0.3) is 0 Å². The third-order valence-corrected chi connectivity index (χ3v) is 3.74. The van der Waals surface area contributed by atoms with Crippen molar-refractivity contribution in [3.05, 3.63) is 27.8 Å². The molecule has 2 atom stereocenters. The molecule has 1 fully saturated rings. The summed E-state index contributed by atoms with van der Waals surface area (Å²) >= 11 is 2.25. The Kier molecular flexibility index (Phi) is 4.87. The van der Waals surface area contributed by atoms with E-state index in [4.69, 9.17) is 10.8 Å². The van der Waals surface area contributed by atoms with Gasteiger partial charge in [0.05, 0.1) is 0 Å². The van der Waals surface area contributed by atoms with Gasteiger partial charge in [0, 0.05) is 30.8 Å². The van der Waals surface area contributed by atoms with Gasteiger partial charge in [0.25, 0.3) is 0 Å². The molecule has 1 saturated heterocycles. The number of benzene rings is 1. The molecule has 2 rings (SSSR count). The number of carbonyl (C=O) groups is 1. The van der Waals surface area contributed by atoms with E-state index in [-0.39, 0.29) is 6.10 Å². The molecule has 1 aliphatic rings. The number of ether oxygens (including phenoxy) is 2. The Bertz CT molecular complexity index is 515. The molecular formula is C16H22INO3. The Morgan fingerprint density at radius 2 is 2.00 bits per heavy atom. The summed E-state index contributed by atoms with van der Waals surface area (Å²) in [5.74, 6) is 0.809. The highest BCUT2D eigenvalue weighted by Crippen LogP contribution is 2.21. The molecule has 0 spiro atoms. The number of nitrogens with zero attached hydrogens (tertiary/aromatic N) is 1. The lowest BCUT2D eigenvalue weighted by molar-refractivity contribution is 0.0126. The first-order valence-electron chi connectivity index (χ1n) is 7.66. The summed E-state index contributed by atoms with van der Waals surface area (Å²) in [6.45, 7) is 5.35. The smallest absolute Gasteiger partial charge is 0.410 e. The first-order valence-corrected chi connectivity index (χ1v) is 8.16. The van der Waals surface area contributed by atoms with Crippen LogP contribution in [0.1, 0.15) is 35.0 Å². The topological polar surface area (TPSA) is 38.8 Å². The normalized spacial score (nSPS) is 23.4. The van der Waals surface area contributed by atoms with E-state index in [1.165, 1.54) is 4.90 Å². The van der Waals surface area contributed by atoms with Gasteiger partial charge in [-0.25, -0.2) is 4.79 Å². The first-order chi connectivity index (χ1) is 10.2. The van der Waals surface area contributed by atoms with Crippen molar-refractivity contribution in [2.75, 3.05) is 13.1 Å². The summed E-state index contributed by atoms with van der Waals surface area (Å²) in [4.78, 5) is 13.5. The lowest BCUT2D eigenvalue weighted by atomic mass is 10.1. The van der Waals surface area contributed by atoms with E-state index < -0.39 is 18.2 Å². The van der Waals surface area contributed by atoms with Gasteiger partial charge in [-0.2, -0.15) is 0 Å². The van der Waals surface area contributed by atoms with Crippen molar-refractivity contribution >= 4 is 28.7 Å². The zero-order valence-electron chi connectivity index (χ0n) is 13.6. The van der Waals surface area contributed by atoms with Crippen molar-refractivity contribution in [1.29, 1.82) is 0 Å². The minimum Gasteiger partial charge on any atom is -0.490 e. The van der Waals surface area contributed by atoms with E-state index in [2.05, 4.69) is 22.6 Å². The average molecular weight is 404 g/mol. The van der Waals surface area contributed by atoms with Crippen molar-refractivity contribution in [1.82, 2.24) is 4.90 Å². The van der Waals surface area contributed by atoms with Gasteiger partial charge in [-0.1, -0.05) is 0 Å². The maximum absolute atomic E-state index is 12.1. The fourth-order valence-corrected chi connectivity index (χ4v) is 2.40. The second-order valence-electron chi connectivity index (χ2n) is 6.07. The van der Waals surface area contributed by atoms with Crippen molar-refractivity contribution in [3.63, 3.8) is 0 Å². The molecule has 1 heterocycles. The van der Waals surface area contributed by atoms with E-state index >= 15 is 0 Å². The van der Waals surface area contributed by atoms with Gasteiger partial charge in [0.1, 0.15) is 17.5 Å². The second-order valence-corrected chi connectivity index (χ2v) is 7.32.